The van der Waals surface area contributed by atoms with E-state index in [1.807, 2.05) is 19.2 Å². The normalized spacial score (nSPS) is 14.7. The van der Waals surface area contributed by atoms with Crippen molar-refractivity contribution in [2.45, 2.75) is 45.7 Å². The van der Waals surface area contributed by atoms with E-state index in [-0.39, 0.29) is 11.9 Å². The molecule has 1 rings (SSSR count). The Kier molecular flexibility index (Phi) is 6.46. The van der Waals surface area contributed by atoms with Crippen LogP contribution in [-0.4, -0.2) is 31.6 Å². The molecule has 1 aromatic carbocycles. The highest BCUT2D eigenvalue weighted by atomic mass is 19.1. The van der Waals surface area contributed by atoms with Crippen LogP contribution in [0.1, 0.15) is 43.9 Å². The molecule has 0 aliphatic carbocycles. The standard InChI is InChI=1S/C16H27FN2/c1-6-13(3)19(5)10-9-16(18-4)14-8-7-12(2)15(17)11-14/h7-8,11,13,16,18H,6,9-10H2,1-5H3. The van der Waals surface area contributed by atoms with Crippen LogP contribution in [0.15, 0.2) is 18.2 Å². The van der Waals surface area contributed by atoms with E-state index in [1.165, 1.54) is 0 Å². The molecule has 0 saturated heterocycles. The van der Waals surface area contributed by atoms with Crippen molar-refractivity contribution in [2.24, 2.45) is 0 Å². The van der Waals surface area contributed by atoms with Crippen LogP contribution in [0, 0.1) is 12.7 Å². The first-order chi connectivity index (χ1) is 8.99. The van der Waals surface area contributed by atoms with E-state index in [0.29, 0.717) is 11.6 Å². The molecular formula is C16H27FN2. The van der Waals surface area contributed by atoms with Crippen LogP contribution >= 0.6 is 0 Å². The number of rotatable bonds is 7. The minimum atomic E-state index is -0.118. The molecule has 19 heavy (non-hydrogen) atoms. The second kappa shape index (κ2) is 7.61. The first-order valence-corrected chi connectivity index (χ1v) is 7.13. The lowest BCUT2D eigenvalue weighted by molar-refractivity contribution is 0.239. The van der Waals surface area contributed by atoms with Gasteiger partial charge in [0.1, 0.15) is 5.82 Å². The number of hydrogen-bond acceptors (Lipinski definition) is 2. The minimum Gasteiger partial charge on any atom is -0.313 e. The average molecular weight is 266 g/mol. The topological polar surface area (TPSA) is 15.3 Å². The Morgan fingerprint density at radius 2 is 2.05 bits per heavy atom. The van der Waals surface area contributed by atoms with Crippen LogP contribution in [0.25, 0.3) is 0 Å². The predicted molar refractivity (Wildman–Crippen MR) is 79.9 cm³/mol. The van der Waals surface area contributed by atoms with Gasteiger partial charge in [-0.3, -0.25) is 0 Å². The molecule has 3 heteroatoms. The van der Waals surface area contributed by atoms with Crippen LogP contribution in [-0.2, 0) is 0 Å². The summed E-state index contributed by atoms with van der Waals surface area (Å²) < 4.78 is 13.6. The van der Waals surface area contributed by atoms with Gasteiger partial charge >= 0.3 is 0 Å². The van der Waals surface area contributed by atoms with E-state index in [0.717, 1.165) is 24.9 Å². The van der Waals surface area contributed by atoms with Gasteiger partial charge in [-0.1, -0.05) is 19.1 Å². The van der Waals surface area contributed by atoms with E-state index >= 15 is 0 Å². The number of hydrogen-bond donors (Lipinski definition) is 1. The third kappa shape index (κ3) is 4.59. The van der Waals surface area contributed by atoms with Crippen molar-refractivity contribution in [3.05, 3.63) is 35.1 Å². The Balaban J connectivity index is 2.65. The molecule has 1 N–H and O–H groups in total. The summed E-state index contributed by atoms with van der Waals surface area (Å²) in [6.45, 7) is 7.24. The molecule has 0 bridgehead atoms. The molecule has 0 fully saturated rings. The Morgan fingerprint density at radius 3 is 2.58 bits per heavy atom. The molecule has 0 aromatic heterocycles. The Morgan fingerprint density at radius 1 is 1.37 bits per heavy atom. The average Bonchev–Trinajstić information content (AvgIpc) is 2.42. The minimum absolute atomic E-state index is 0.118. The van der Waals surface area contributed by atoms with Gasteiger partial charge < -0.3 is 10.2 Å². The summed E-state index contributed by atoms with van der Waals surface area (Å²) in [5, 5.41) is 3.28. The van der Waals surface area contributed by atoms with Crippen molar-refractivity contribution in [2.75, 3.05) is 20.6 Å². The van der Waals surface area contributed by atoms with E-state index in [2.05, 4.69) is 31.1 Å². The summed E-state index contributed by atoms with van der Waals surface area (Å²) in [4.78, 5) is 2.36. The van der Waals surface area contributed by atoms with Gasteiger partial charge in [-0.25, -0.2) is 4.39 Å². The Hall–Kier alpha value is -0.930. The van der Waals surface area contributed by atoms with Gasteiger partial charge in [-0.15, -0.1) is 0 Å². The van der Waals surface area contributed by atoms with Crippen LogP contribution in [0.2, 0.25) is 0 Å². The number of nitrogens with one attached hydrogen (secondary N) is 1. The number of aryl methyl sites for hydroxylation is 1. The first-order valence-electron chi connectivity index (χ1n) is 7.13. The van der Waals surface area contributed by atoms with Gasteiger partial charge in [0.05, 0.1) is 0 Å². The highest BCUT2D eigenvalue weighted by Gasteiger charge is 2.13. The highest BCUT2D eigenvalue weighted by Crippen LogP contribution is 2.20. The van der Waals surface area contributed by atoms with Crippen molar-refractivity contribution in [3.8, 4) is 0 Å². The zero-order chi connectivity index (χ0) is 14.4. The maximum absolute atomic E-state index is 13.6. The molecule has 108 valence electrons. The van der Waals surface area contributed by atoms with Gasteiger partial charge in [0.15, 0.2) is 0 Å². The van der Waals surface area contributed by atoms with Crippen molar-refractivity contribution in [1.29, 1.82) is 0 Å². The quantitative estimate of drug-likeness (QED) is 0.812. The largest absolute Gasteiger partial charge is 0.313 e. The van der Waals surface area contributed by atoms with Gasteiger partial charge in [0.2, 0.25) is 0 Å². The number of benzene rings is 1. The SMILES string of the molecule is CCC(C)N(C)CCC(NC)c1ccc(C)c(F)c1. The van der Waals surface area contributed by atoms with Gasteiger partial charge in [0.25, 0.3) is 0 Å². The summed E-state index contributed by atoms with van der Waals surface area (Å²) >= 11 is 0. The molecule has 0 heterocycles. The summed E-state index contributed by atoms with van der Waals surface area (Å²) in [5.74, 6) is -0.118. The molecule has 2 atom stereocenters. The summed E-state index contributed by atoms with van der Waals surface area (Å²) in [5.41, 5.74) is 1.73. The molecule has 1 aromatic rings. The first kappa shape index (κ1) is 16.1. The summed E-state index contributed by atoms with van der Waals surface area (Å²) in [6, 6.07) is 6.32. The lowest BCUT2D eigenvalue weighted by Gasteiger charge is -2.26. The van der Waals surface area contributed by atoms with Gasteiger partial charge in [0, 0.05) is 12.1 Å². The number of halogens is 1. The van der Waals surface area contributed by atoms with E-state index in [9.17, 15) is 4.39 Å². The molecule has 0 amide bonds. The maximum atomic E-state index is 13.6. The van der Waals surface area contributed by atoms with Crippen molar-refractivity contribution >= 4 is 0 Å². The lowest BCUT2D eigenvalue weighted by atomic mass is 10.0. The zero-order valence-corrected chi connectivity index (χ0v) is 12.8. The molecule has 2 unspecified atom stereocenters. The van der Waals surface area contributed by atoms with E-state index in [1.54, 1.807) is 13.0 Å². The molecule has 0 aliphatic heterocycles. The van der Waals surface area contributed by atoms with Crippen molar-refractivity contribution in [1.82, 2.24) is 10.2 Å². The van der Waals surface area contributed by atoms with Crippen LogP contribution in [0.4, 0.5) is 4.39 Å². The van der Waals surface area contributed by atoms with Crippen LogP contribution < -0.4 is 5.32 Å². The van der Waals surface area contributed by atoms with E-state index in [4.69, 9.17) is 0 Å². The second-order valence-electron chi connectivity index (χ2n) is 5.38. The molecule has 0 radical (unpaired) electrons. The molecule has 2 nitrogen and oxygen atoms in total. The monoisotopic (exact) mass is 266 g/mol. The predicted octanol–water partition coefficient (Wildman–Crippen LogP) is 3.52. The third-order valence-electron chi connectivity index (χ3n) is 4.06. The molecule has 0 aliphatic rings. The Labute approximate surface area is 117 Å². The highest BCUT2D eigenvalue weighted by molar-refractivity contribution is 5.25. The molecular weight excluding hydrogens is 239 g/mol. The smallest absolute Gasteiger partial charge is 0.126 e. The summed E-state index contributed by atoms with van der Waals surface area (Å²) in [6.07, 6.45) is 2.14. The van der Waals surface area contributed by atoms with Crippen LogP contribution in [0.5, 0.6) is 0 Å². The fourth-order valence-corrected chi connectivity index (χ4v) is 2.17. The zero-order valence-electron chi connectivity index (χ0n) is 12.8. The maximum Gasteiger partial charge on any atom is 0.126 e. The molecule has 0 saturated carbocycles. The Bertz CT molecular complexity index is 392. The van der Waals surface area contributed by atoms with Crippen molar-refractivity contribution < 1.29 is 4.39 Å². The van der Waals surface area contributed by atoms with Crippen LogP contribution in [0.3, 0.4) is 0 Å². The molecule has 0 spiro atoms. The lowest BCUT2D eigenvalue weighted by Crippen LogP contribution is -2.31. The van der Waals surface area contributed by atoms with Gasteiger partial charge in [-0.05, 0) is 64.5 Å². The van der Waals surface area contributed by atoms with Gasteiger partial charge in [-0.2, -0.15) is 0 Å². The van der Waals surface area contributed by atoms with E-state index < -0.39 is 0 Å². The fourth-order valence-electron chi connectivity index (χ4n) is 2.17. The third-order valence-corrected chi connectivity index (χ3v) is 4.06. The fraction of sp³-hybridized carbons (Fsp3) is 0.625. The second-order valence-corrected chi connectivity index (χ2v) is 5.38. The summed E-state index contributed by atoms with van der Waals surface area (Å²) in [7, 11) is 4.09. The number of nitrogens with zero attached hydrogens (tertiary/aromatic N) is 1. The van der Waals surface area contributed by atoms with Crippen molar-refractivity contribution in [3.63, 3.8) is 0 Å².